The van der Waals surface area contributed by atoms with Crippen molar-refractivity contribution in [1.82, 2.24) is 22.8 Å². The van der Waals surface area contributed by atoms with Gasteiger partial charge in [0.15, 0.2) is 14.7 Å². The third-order valence-corrected chi connectivity index (χ3v) is 20.2. The molecule has 7 aromatic carbocycles. The van der Waals surface area contributed by atoms with Crippen molar-refractivity contribution in [3.63, 3.8) is 0 Å². The summed E-state index contributed by atoms with van der Waals surface area (Å²) in [5.41, 5.74) is -0.622. The Bertz CT molecular complexity index is 4050. The zero-order valence-corrected chi connectivity index (χ0v) is 44.7. The van der Waals surface area contributed by atoms with Crippen LogP contribution in [0.1, 0.15) is 36.2 Å². The number of nitrogens with zero attached hydrogens (tertiary/aromatic N) is 9. The van der Waals surface area contributed by atoms with E-state index in [2.05, 4.69) is 48.5 Å². The maximum atomic E-state index is 14.8. The first-order valence-electron chi connectivity index (χ1n) is 25.2. The minimum atomic E-state index is -4.91. The number of fused-ring (bicyclic) bond motifs is 2. The highest BCUT2D eigenvalue weighted by atomic mass is 32.2. The van der Waals surface area contributed by atoms with Crippen LogP contribution in [0.15, 0.2) is 154 Å². The van der Waals surface area contributed by atoms with E-state index in [1.807, 2.05) is 11.0 Å². The SMILES string of the molecule is O=C(CCCc1ccc2ccc3cccc4ccc1c2c34)N1CCN(c2cc3nc(c2)CN(S(=O)(=O)c2ccccc2[N+](=O)[O-])CCN(S(=O)(=O)c2ccccc2[N+](=O)[O-])CCCN(S(=O)(=O)c2ccccc2[N+](=O)[O-])C3)CC1. The van der Waals surface area contributed by atoms with Crippen molar-refractivity contribution in [1.29, 1.82) is 0 Å². The lowest BCUT2D eigenvalue weighted by Gasteiger charge is -2.36. The maximum absolute atomic E-state index is 14.8. The number of sulfonamides is 3. The van der Waals surface area contributed by atoms with E-state index in [4.69, 9.17) is 4.98 Å². The highest BCUT2D eigenvalue weighted by Gasteiger charge is 2.38. The molecular weight excluding hydrogens is 1080 g/mol. The van der Waals surface area contributed by atoms with Crippen LogP contribution in [0.2, 0.25) is 0 Å². The summed E-state index contributed by atoms with van der Waals surface area (Å²) < 4.78 is 90.6. The second kappa shape index (κ2) is 22.0. The topological polar surface area (TPSA) is 278 Å². The lowest BCUT2D eigenvalue weighted by atomic mass is 9.90. The maximum Gasteiger partial charge on any atom is 0.289 e. The van der Waals surface area contributed by atoms with Crippen molar-refractivity contribution in [3.8, 4) is 0 Å². The summed E-state index contributed by atoms with van der Waals surface area (Å²) in [5.74, 6) is -0.0383. The van der Waals surface area contributed by atoms with E-state index in [-0.39, 0.29) is 23.7 Å². The van der Waals surface area contributed by atoms with Crippen LogP contribution in [0.25, 0.3) is 32.3 Å². The number of benzene rings is 7. The quantitative estimate of drug-likeness (QED) is 0.0569. The Balaban J connectivity index is 0.967. The fourth-order valence-electron chi connectivity index (χ4n) is 10.6. The molecule has 2 aliphatic rings. The molecule has 8 aromatic rings. The molecule has 25 heteroatoms. The average molecular weight is 1130 g/mol. The van der Waals surface area contributed by atoms with Gasteiger partial charge in [0.1, 0.15) is 0 Å². The highest BCUT2D eigenvalue weighted by Crippen LogP contribution is 2.37. The van der Waals surface area contributed by atoms with Gasteiger partial charge in [-0.3, -0.25) is 40.1 Å². The Labute approximate surface area is 454 Å². The molecular formula is C54H51N9O13S3. The number of hydrogen-bond acceptors (Lipinski definition) is 15. The molecule has 0 radical (unpaired) electrons. The molecule has 2 bridgehead atoms. The molecule has 0 atom stereocenters. The number of amides is 1. The molecule has 0 aliphatic carbocycles. The number of anilines is 1. The third kappa shape index (κ3) is 10.8. The molecule has 0 N–H and O–H groups in total. The summed E-state index contributed by atoms with van der Waals surface area (Å²) in [6.07, 6.45) is 1.26. The van der Waals surface area contributed by atoms with Gasteiger partial charge in [-0.15, -0.1) is 0 Å². The predicted octanol–water partition coefficient (Wildman–Crippen LogP) is 7.85. The smallest absolute Gasteiger partial charge is 0.289 e. The van der Waals surface area contributed by atoms with Crippen LogP contribution in [-0.4, -0.2) is 121 Å². The van der Waals surface area contributed by atoms with Gasteiger partial charge in [0.25, 0.3) is 17.1 Å². The van der Waals surface area contributed by atoms with Crippen LogP contribution in [0.3, 0.4) is 0 Å². The molecule has 79 heavy (non-hydrogen) atoms. The normalized spacial score (nSPS) is 15.9. The van der Waals surface area contributed by atoms with Crippen LogP contribution in [0.4, 0.5) is 22.7 Å². The largest absolute Gasteiger partial charge is 0.368 e. The zero-order chi connectivity index (χ0) is 55.8. The fraction of sp³-hybridized carbons (Fsp3) is 0.259. The number of nitro groups is 3. The fourth-order valence-corrected chi connectivity index (χ4v) is 15.4. The lowest BCUT2D eigenvalue weighted by Crippen LogP contribution is -2.48. The van der Waals surface area contributed by atoms with Crippen LogP contribution in [0, 0.1) is 30.3 Å². The van der Waals surface area contributed by atoms with Crippen molar-refractivity contribution in [3.05, 3.63) is 187 Å². The van der Waals surface area contributed by atoms with Gasteiger partial charge < -0.3 is 9.80 Å². The Morgan fingerprint density at radius 2 is 0.937 bits per heavy atom. The average Bonchev–Trinajstić information content (AvgIpc) is 3.47. The first-order valence-corrected chi connectivity index (χ1v) is 29.5. The Morgan fingerprint density at radius 1 is 0.494 bits per heavy atom. The predicted molar refractivity (Wildman–Crippen MR) is 294 cm³/mol. The number of hydrogen-bond donors (Lipinski definition) is 0. The van der Waals surface area contributed by atoms with Gasteiger partial charge >= 0.3 is 0 Å². The highest BCUT2D eigenvalue weighted by molar-refractivity contribution is 7.90. The number of piperazine rings is 1. The van der Waals surface area contributed by atoms with Crippen molar-refractivity contribution >= 4 is 91.0 Å². The van der Waals surface area contributed by atoms with Gasteiger partial charge in [-0.05, 0) is 87.5 Å². The van der Waals surface area contributed by atoms with Gasteiger partial charge in [0.05, 0.1) is 39.2 Å². The van der Waals surface area contributed by atoms with E-state index >= 15 is 0 Å². The Hall–Kier alpha value is -8.07. The summed E-state index contributed by atoms with van der Waals surface area (Å²) in [5, 5.41) is 43.7. The van der Waals surface area contributed by atoms with E-state index in [9.17, 15) is 60.4 Å². The van der Waals surface area contributed by atoms with Crippen LogP contribution in [-0.2, 0) is 54.4 Å². The van der Waals surface area contributed by atoms with E-state index in [1.54, 1.807) is 17.0 Å². The lowest BCUT2D eigenvalue weighted by molar-refractivity contribution is -0.388. The van der Waals surface area contributed by atoms with Gasteiger partial charge in [0, 0.05) is 82.7 Å². The van der Waals surface area contributed by atoms with Crippen molar-refractivity contribution in [2.24, 2.45) is 0 Å². The molecule has 1 amide bonds. The van der Waals surface area contributed by atoms with Crippen molar-refractivity contribution < 1.29 is 44.8 Å². The van der Waals surface area contributed by atoms with Gasteiger partial charge in [0.2, 0.25) is 36.0 Å². The van der Waals surface area contributed by atoms with Crippen LogP contribution in [0.5, 0.6) is 0 Å². The summed E-state index contributed by atoms with van der Waals surface area (Å²) in [6, 6.07) is 36.0. The second-order valence-electron chi connectivity index (χ2n) is 19.2. The van der Waals surface area contributed by atoms with E-state index in [1.165, 1.54) is 47.2 Å². The molecule has 1 fully saturated rings. The monoisotopic (exact) mass is 1130 g/mol. The summed E-state index contributed by atoms with van der Waals surface area (Å²) in [6.45, 7) is -2.42. The van der Waals surface area contributed by atoms with Gasteiger partial charge in [-0.25, -0.2) is 25.3 Å². The van der Waals surface area contributed by atoms with Crippen molar-refractivity contribution in [2.45, 2.75) is 53.5 Å². The molecule has 1 saturated heterocycles. The minimum absolute atomic E-state index is 0.00958. The Morgan fingerprint density at radius 3 is 1.47 bits per heavy atom. The number of aryl methyl sites for hydroxylation is 1. The molecule has 0 unspecified atom stereocenters. The molecule has 0 saturated carbocycles. The summed E-state index contributed by atoms with van der Waals surface area (Å²) in [4.78, 5) is 54.2. The van der Waals surface area contributed by atoms with Gasteiger partial charge in [-0.1, -0.05) is 91.0 Å². The van der Waals surface area contributed by atoms with Crippen molar-refractivity contribution in [2.75, 3.05) is 57.3 Å². The van der Waals surface area contributed by atoms with E-state index in [0.29, 0.717) is 51.1 Å². The molecule has 10 rings (SSSR count). The first kappa shape index (κ1) is 54.3. The van der Waals surface area contributed by atoms with Gasteiger partial charge in [-0.2, -0.15) is 12.9 Å². The third-order valence-electron chi connectivity index (χ3n) is 14.5. The number of carbonyl (C=O) groups is 1. The van der Waals surface area contributed by atoms with Crippen LogP contribution < -0.4 is 4.90 Å². The number of pyridine rings is 1. The zero-order valence-electron chi connectivity index (χ0n) is 42.2. The van der Waals surface area contributed by atoms with E-state index in [0.717, 1.165) is 76.4 Å². The molecule has 2 aliphatic heterocycles. The Kier molecular flexibility index (Phi) is 15.1. The minimum Gasteiger partial charge on any atom is -0.368 e. The molecule has 408 valence electrons. The standard InChI is InChI=1S/C54H51N9O13S3/c64-52(19-8-10-38-20-21-41-23-22-39-11-7-12-40-24-25-45(38)54(41)53(39)40)57-30-28-56(29-31-57)44-34-42-36-59(78(73,74)50-17-5-2-14-47(50)62(67)68)27-9-26-58(77(71,72)49-16-4-1-13-46(49)61(65)66)32-33-60(37-43(35-44)55-42)79(75,76)51-18-6-3-15-48(51)63(69)70/h1-7,11-18,20-25,34-35H,8-10,19,26-33,36-37H2. The first-order chi connectivity index (χ1) is 37.8. The van der Waals surface area contributed by atoms with E-state index < -0.39 is 116 Å². The number of carbonyl (C=O) groups excluding carboxylic acids is 1. The summed E-state index contributed by atoms with van der Waals surface area (Å²) >= 11 is 0. The van der Waals surface area contributed by atoms with Crippen LogP contribution >= 0.6 is 0 Å². The molecule has 0 spiro atoms. The molecule has 3 heterocycles. The summed E-state index contributed by atoms with van der Waals surface area (Å²) in [7, 11) is -14.6. The number of nitro benzene ring substituents is 3. The number of aromatic nitrogens is 1. The molecule has 22 nitrogen and oxygen atoms in total. The number of rotatable bonds is 14. The second-order valence-corrected chi connectivity index (χ2v) is 24.9. The molecule has 1 aromatic heterocycles. The number of para-hydroxylation sites is 3.